The lowest BCUT2D eigenvalue weighted by Gasteiger charge is -2.10. The first-order valence-corrected chi connectivity index (χ1v) is 6.16. The Morgan fingerprint density at radius 2 is 2.16 bits per heavy atom. The van der Waals surface area contributed by atoms with Crippen LogP contribution in [0.4, 0.5) is 16.0 Å². The van der Waals surface area contributed by atoms with Crippen molar-refractivity contribution in [1.29, 1.82) is 0 Å². The van der Waals surface area contributed by atoms with Gasteiger partial charge in [0.2, 0.25) is 5.95 Å². The number of nitrogens with zero attached hydrogens (tertiary/aromatic N) is 2. The second kappa shape index (κ2) is 5.84. The molecular weight excluding hydrogens is 245 g/mol. The molecule has 0 bridgehead atoms. The zero-order valence-electron chi connectivity index (χ0n) is 11.4. The van der Waals surface area contributed by atoms with Gasteiger partial charge in [0.25, 0.3) is 0 Å². The standard InChI is InChI=1S/C14H18FN3O/c1-10-8-12(4-5-13(10)15)17-14-16-11(2)9-18(14)6-7-19-3/h4-5,8-9H,6-7H2,1-3H3,(H,16,17). The molecule has 0 radical (unpaired) electrons. The summed E-state index contributed by atoms with van der Waals surface area (Å²) in [4.78, 5) is 4.41. The van der Waals surface area contributed by atoms with E-state index in [2.05, 4.69) is 10.3 Å². The molecular formula is C14H18FN3O. The molecule has 0 fully saturated rings. The minimum atomic E-state index is -0.204. The Morgan fingerprint density at radius 1 is 1.37 bits per heavy atom. The molecule has 2 aromatic rings. The summed E-state index contributed by atoms with van der Waals surface area (Å²) in [6.07, 6.45) is 1.96. The highest BCUT2D eigenvalue weighted by Crippen LogP contribution is 2.19. The maximum Gasteiger partial charge on any atom is 0.207 e. The first kappa shape index (κ1) is 13.5. The van der Waals surface area contributed by atoms with Gasteiger partial charge in [-0.1, -0.05) is 0 Å². The van der Waals surface area contributed by atoms with E-state index in [0.29, 0.717) is 12.2 Å². The van der Waals surface area contributed by atoms with Gasteiger partial charge in [-0.25, -0.2) is 9.37 Å². The fourth-order valence-corrected chi connectivity index (χ4v) is 1.86. The third kappa shape index (κ3) is 3.32. The Hall–Kier alpha value is -1.88. The number of aryl methyl sites for hydroxylation is 2. The van der Waals surface area contributed by atoms with Crippen LogP contribution < -0.4 is 5.32 Å². The van der Waals surface area contributed by atoms with Crippen LogP contribution >= 0.6 is 0 Å². The normalized spacial score (nSPS) is 10.7. The SMILES string of the molecule is COCCn1cc(C)nc1Nc1ccc(F)c(C)c1. The summed E-state index contributed by atoms with van der Waals surface area (Å²) in [5, 5.41) is 3.20. The molecule has 1 N–H and O–H groups in total. The van der Waals surface area contributed by atoms with Crippen LogP contribution in [0.3, 0.4) is 0 Å². The van der Waals surface area contributed by atoms with Gasteiger partial charge >= 0.3 is 0 Å². The molecule has 1 aromatic carbocycles. The second-order valence-corrected chi connectivity index (χ2v) is 4.48. The Bertz CT molecular complexity index is 566. The van der Waals surface area contributed by atoms with Crippen LogP contribution in [-0.2, 0) is 11.3 Å². The number of aromatic nitrogens is 2. The largest absolute Gasteiger partial charge is 0.383 e. The molecule has 0 atom stereocenters. The molecule has 0 saturated heterocycles. The van der Waals surface area contributed by atoms with E-state index in [1.165, 1.54) is 6.07 Å². The van der Waals surface area contributed by atoms with Crippen molar-refractivity contribution >= 4 is 11.6 Å². The summed E-state index contributed by atoms with van der Waals surface area (Å²) in [6, 6.07) is 4.92. The van der Waals surface area contributed by atoms with E-state index in [-0.39, 0.29) is 5.82 Å². The fourth-order valence-electron chi connectivity index (χ4n) is 1.86. The molecule has 0 amide bonds. The van der Waals surface area contributed by atoms with Gasteiger partial charge in [-0.2, -0.15) is 0 Å². The van der Waals surface area contributed by atoms with Gasteiger partial charge in [-0.15, -0.1) is 0 Å². The lowest BCUT2D eigenvalue weighted by Crippen LogP contribution is -2.07. The number of halogens is 1. The van der Waals surface area contributed by atoms with Crippen molar-refractivity contribution in [3.8, 4) is 0 Å². The Kier molecular flexibility index (Phi) is 4.16. The monoisotopic (exact) mass is 263 g/mol. The maximum atomic E-state index is 13.2. The second-order valence-electron chi connectivity index (χ2n) is 4.48. The Labute approximate surface area is 112 Å². The molecule has 5 heteroatoms. The number of anilines is 2. The predicted molar refractivity (Wildman–Crippen MR) is 73.3 cm³/mol. The van der Waals surface area contributed by atoms with Crippen molar-refractivity contribution in [2.45, 2.75) is 20.4 Å². The zero-order valence-corrected chi connectivity index (χ0v) is 11.4. The van der Waals surface area contributed by atoms with Crippen molar-refractivity contribution in [3.05, 3.63) is 41.5 Å². The van der Waals surface area contributed by atoms with E-state index < -0.39 is 0 Å². The fraction of sp³-hybridized carbons (Fsp3) is 0.357. The topological polar surface area (TPSA) is 39.1 Å². The van der Waals surface area contributed by atoms with Gasteiger partial charge in [0.15, 0.2) is 0 Å². The number of rotatable bonds is 5. The van der Waals surface area contributed by atoms with E-state index in [1.54, 1.807) is 26.2 Å². The first-order chi connectivity index (χ1) is 9.10. The lowest BCUT2D eigenvalue weighted by atomic mass is 10.2. The van der Waals surface area contributed by atoms with E-state index in [9.17, 15) is 4.39 Å². The minimum Gasteiger partial charge on any atom is -0.383 e. The summed E-state index contributed by atoms with van der Waals surface area (Å²) in [5.41, 5.74) is 2.36. The molecule has 4 nitrogen and oxygen atoms in total. The number of ether oxygens (including phenoxy) is 1. The van der Waals surface area contributed by atoms with Crippen molar-refractivity contribution in [3.63, 3.8) is 0 Å². The highest BCUT2D eigenvalue weighted by molar-refractivity contribution is 5.55. The summed E-state index contributed by atoms with van der Waals surface area (Å²) >= 11 is 0. The number of nitrogens with one attached hydrogen (secondary N) is 1. The molecule has 2 rings (SSSR count). The molecule has 19 heavy (non-hydrogen) atoms. The molecule has 1 aromatic heterocycles. The van der Waals surface area contributed by atoms with Gasteiger partial charge in [-0.05, 0) is 37.6 Å². The van der Waals surface area contributed by atoms with E-state index in [4.69, 9.17) is 4.74 Å². The third-order valence-electron chi connectivity index (χ3n) is 2.85. The summed E-state index contributed by atoms with van der Waals surface area (Å²) in [6.45, 7) is 5.01. The average molecular weight is 263 g/mol. The van der Waals surface area contributed by atoms with Crippen molar-refractivity contribution in [1.82, 2.24) is 9.55 Å². The van der Waals surface area contributed by atoms with Crippen LogP contribution in [0, 0.1) is 19.7 Å². The van der Waals surface area contributed by atoms with Crippen molar-refractivity contribution < 1.29 is 9.13 Å². The molecule has 1 heterocycles. The molecule has 0 saturated carbocycles. The quantitative estimate of drug-likeness (QED) is 0.901. The van der Waals surface area contributed by atoms with Crippen LogP contribution in [0.2, 0.25) is 0 Å². The van der Waals surface area contributed by atoms with Gasteiger partial charge in [0.1, 0.15) is 5.82 Å². The summed E-state index contributed by atoms with van der Waals surface area (Å²) < 4.78 is 20.3. The number of imidazole rings is 1. The van der Waals surface area contributed by atoms with E-state index in [1.807, 2.05) is 17.7 Å². The summed E-state index contributed by atoms with van der Waals surface area (Å²) in [7, 11) is 1.67. The van der Waals surface area contributed by atoms with Crippen LogP contribution in [-0.4, -0.2) is 23.3 Å². The number of hydrogen-bond acceptors (Lipinski definition) is 3. The zero-order chi connectivity index (χ0) is 13.8. The Balaban J connectivity index is 2.19. The van der Waals surface area contributed by atoms with E-state index >= 15 is 0 Å². The first-order valence-electron chi connectivity index (χ1n) is 6.16. The predicted octanol–water partition coefficient (Wildman–Crippen LogP) is 3.03. The Morgan fingerprint density at radius 3 is 2.84 bits per heavy atom. The minimum absolute atomic E-state index is 0.204. The molecule has 0 unspecified atom stereocenters. The van der Waals surface area contributed by atoms with Gasteiger partial charge in [-0.3, -0.25) is 0 Å². The van der Waals surface area contributed by atoms with Crippen LogP contribution in [0.25, 0.3) is 0 Å². The molecule has 0 spiro atoms. The van der Waals surface area contributed by atoms with Crippen LogP contribution in [0.5, 0.6) is 0 Å². The molecule has 0 aliphatic heterocycles. The van der Waals surface area contributed by atoms with Crippen LogP contribution in [0.15, 0.2) is 24.4 Å². The van der Waals surface area contributed by atoms with Gasteiger partial charge < -0.3 is 14.6 Å². The van der Waals surface area contributed by atoms with Gasteiger partial charge in [0, 0.05) is 25.5 Å². The van der Waals surface area contributed by atoms with Gasteiger partial charge in [0.05, 0.1) is 12.3 Å². The average Bonchev–Trinajstić information content (AvgIpc) is 2.71. The van der Waals surface area contributed by atoms with Crippen molar-refractivity contribution in [2.75, 3.05) is 19.0 Å². The molecule has 0 aliphatic rings. The van der Waals surface area contributed by atoms with E-state index in [0.717, 1.165) is 23.9 Å². The lowest BCUT2D eigenvalue weighted by molar-refractivity contribution is 0.188. The number of benzene rings is 1. The smallest absolute Gasteiger partial charge is 0.207 e. The molecule has 102 valence electrons. The number of methoxy groups -OCH3 is 1. The highest BCUT2D eigenvalue weighted by atomic mass is 19.1. The van der Waals surface area contributed by atoms with Crippen molar-refractivity contribution in [2.24, 2.45) is 0 Å². The molecule has 0 aliphatic carbocycles. The van der Waals surface area contributed by atoms with Crippen LogP contribution in [0.1, 0.15) is 11.3 Å². The maximum absolute atomic E-state index is 13.2. The highest BCUT2D eigenvalue weighted by Gasteiger charge is 2.06. The summed E-state index contributed by atoms with van der Waals surface area (Å²) in [5.74, 6) is 0.532. The number of hydrogen-bond donors (Lipinski definition) is 1. The third-order valence-corrected chi connectivity index (χ3v) is 2.85.